The Bertz CT molecular complexity index is 1150. The van der Waals surface area contributed by atoms with Crippen LogP contribution in [0.4, 0.5) is 5.69 Å². The number of imidazole rings is 1. The molecule has 6 nitrogen and oxygen atoms in total. The second-order valence-corrected chi connectivity index (χ2v) is 11.3. The SMILES string of the molecule is CCCC(c1nc2cc(N3CCC(NC)(c4ccccc4)CC3)ccc2n1CC)N1C[C@@H](C)N[C@@H](C)C1. The molecule has 0 spiro atoms. The minimum Gasteiger partial charge on any atom is -0.371 e. The predicted molar refractivity (Wildman–Crippen MR) is 155 cm³/mol. The zero-order chi connectivity index (χ0) is 26.0. The van der Waals surface area contributed by atoms with E-state index in [1.54, 1.807) is 0 Å². The molecule has 0 amide bonds. The Labute approximate surface area is 223 Å². The number of hydrogen-bond acceptors (Lipinski definition) is 5. The number of fused-ring (bicyclic) bond motifs is 1. The van der Waals surface area contributed by atoms with Gasteiger partial charge in [0.05, 0.1) is 17.1 Å². The fraction of sp³-hybridized carbons (Fsp3) is 0.581. The molecular weight excluding hydrogens is 456 g/mol. The van der Waals surface area contributed by atoms with E-state index in [0.29, 0.717) is 18.1 Å². The summed E-state index contributed by atoms with van der Waals surface area (Å²) in [6.45, 7) is 14.4. The molecule has 3 atom stereocenters. The van der Waals surface area contributed by atoms with Crippen LogP contribution in [0.2, 0.25) is 0 Å². The van der Waals surface area contributed by atoms with E-state index in [9.17, 15) is 0 Å². The standard InChI is InChI=1S/C31H46N6/c1-6-11-29(36-21-23(3)33-24(4)22-36)30-34-27-20-26(14-15-28(27)37(30)7-2)35-18-16-31(32-5,17-19-35)25-12-9-8-10-13-25/h8-10,12-15,20,23-24,29,32-33H,6-7,11,16-19,21-22H2,1-5H3/t23-,24+,29?. The zero-order valence-corrected chi connectivity index (χ0v) is 23.5. The lowest BCUT2D eigenvalue weighted by atomic mass is 9.81. The fourth-order valence-electron chi connectivity index (χ4n) is 6.88. The molecular formula is C31H46N6. The van der Waals surface area contributed by atoms with Crippen molar-refractivity contribution in [2.75, 3.05) is 38.1 Å². The van der Waals surface area contributed by atoms with Gasteiger partial charge in [0, 0.05) is 56.0 Å². The van der Waals surface area contributed by atoms with Crippen LogP contribution < -0.4 is 15.5 Å². The fourth-order valence-corrected chi connectivity index (χ4v) is 6.88. The number of piperazine rings is 1. The first-order valence-corrected chi connectivity index (χ1v) is 14.5. The van der Waals surface area contributed by atoms with E-state index in [1.807, 2.05) is 0 Å². The number of aryl methyl sites for hydroxylation is 1. The number of benzene rings is 2. The van der Waals surface area contributed by atoms with Crippen molar-refractivity contribution < 1.29 is 0 Å². The van der Waals surface area contributed by atoms with Crippen molar-refractivity contribution in [3.63, 3.8) is 0 Å². The lowest BCUT2D eigenvalue weighted by molar-refractivity contribution is 0.110. The quantitative estimate of drug-likeness (QED) is 0.438. The van der Waals surface area contributed by atoms with Crippen molar-refractivity contribution in [2.45, 2.75) is 83.6 Å². The van der Waals surface area contributed by atoms with Crippen LogP contribution in [0, 0.1) is 0 Å². The lowest BCUT2D eigenvalue weighted by Gasteiger charge is -2.43. The van der Waals surface area contributed by atoms with Crippen LogP contribution in [-0.4, -0.2) is 59.8 Å². The molecule has 2 aromatic carbocycles. The normalized spacial score (nSPS) is 23.4. The van der Waals surface area contributed by atoms with Crippen molar-refractivity contribution in [1.82, 2.24) is 25.1 Å². The first kappa shape index (κ1) is 26.2. The Balaban J connectivity index is 1.41. The molecule has 2 fully saturated rings. The summed E-state index contributed by atoms with van der Waals surface area (Å²) < 4.78 is 2.47. The molecule has 3 aromatic rings. The highest BCUT2D eigenvalue weighted by molar-refractivity contribution is 5.80. The molecule has 6 heteroatoms. The van der Waals surface area contributed by atoms with E-state index < -0.39 is 0 Å². The summed E-state index contributed by atoms with van der Waals surface area (Å²) in [5, 5.41) is 7.36. The average Bonchev–Trinajstić information content (AvgIpc) is 3.29. The number of hydrogen-bond donors (Lipinski definition) is 2. The third kappa shape index (κ3) is 5.16. The summed E-state index contributed by atoms with van der Waals surface area (Å²) in [5.74, 6) is 1.25. The maximum absolute atomic E-state index is 5.34. The van der Waals surface area contributed by atoms with Gasteiger partial charge in [-0.15, -0.1) is 0 Å². The Morgan fingerprint density at radius 3 is 2.35 bits per heavy atom. The van der Waals surface area contributed by atoms with Crippen molar-refractivity contribution in [3.8, 4) is 0 Å². The minimum atomic E-state index is 0.0593. The van der Waals surface area contributed by atoms with Crippen LogP contribution in [0.3, 0.4) is 0 Å². The third-order valence-corrected chi connectivity index (χ3v) is 8.75. The molecule has 2 aliphatic heterocycles. The molecule has 5 rings (SSSR count). The summed E-state index contributed by atoms with van der Waals surface area (Å²) in [6.07, 6.45) is 4.50. The van der Waals surface area contributed by atoms with Crippen molar-refractivity contribution in [2.24, 2.45) is 0 Å². The second kappa shape index (κ2) is 11.1. The van der Waals surface area contributed by atoms with E-state index in [0.717, 1.165) is 63.9 Å². The smallest absolute Gasteiger partial charge is 0.127 e. The van der Waals surface area contributed by atoms with Crippen LogP contribution in [0.25, 0.3) is 11.0 Å². The van der Waals surface area contributed by atoms with Crippen LogP contribution in [-0.2, 0) is 12.1 Å². The molecule has 200 valence electrons. The average molecular weight is 503 g/mol. The molecule has 37 heavy (non-hydrogen) atoms. The molecule has 3 heterocycles. The van der Waals surface area contributed by atoms with Crippen LogP contribution >= 0.6 is 0 Å². The number of anilines is 1. The Kier molecular flexibility index (Phi) is 7.89. The van der Waals surface area contributed by atoms with Gasteiger partial charge >= 0.3 is 0 Å². The minimum absolute atomic E-state index is 0.0593. The van der Waals surface area contributed by atoms with Gasteiger partial charge in [-0.25, -0.2) is 4.98 Å². The molecule has 2 N–H and O–H groups in total. The van der Waals surface area contributed by atoms with Crippen LogP contribution in [0.15, 0.2) is 48.5 Å². The molecule has 2 aliphatic rings. The number of rotatable bonds is 8. The van der Waals surface area contributed by atoms with Crippen molar-refractivity contribution >= 4 is 16.7 Å². The third-order valence-electron chi connectivity index (χ3n) is 8.75. The van der Waals surface area contributed by atoms with Gasteiger partial charge in [-0.3, -0.25) is 4.90 Å². The number of nitrogens with zero attached hydrogens (tertiary/aromatic N) is 4. The van der Waals surface area contributed by atoms with Gasteiger partial charge in [-0.2, -0.15) is 0 Å². The van der Waals surface area contributed by atoms with Crippen LogP contribution in [0.5, 0.6) is 0 Å². The lowest BCUT2D eigenvalue weighted by Crippen LogP contribution is -2.55. The molecule has 2 saturated heterocycles. The Hall–Kier alpha value is -2.41. The highest BCUT2D eigenvalue weighted by atomic mass is 15.3. The van der Waals surface area contributed by atoms with Crippen LogP contribution in [0.1, 0.15) is 70.8 Å². The van der Waals surface area contributed by atoms with Gasteiger partial charge in [-0.1, -0.05) is 43.7 Å². The number of piperidine rings is 1. The van der Waals surface area contributed by atoms with Gasteiger partial charge in [0.1, 0.15) is 5.82 Å². The topological polar surface area (TPSA) is 48.4 Å². The molecule has 0 radical (unpaired) electrons. The van der Waals surface area contributed by atoms with E-state index >= 15 is 0 Å². The zero-order valence-electron chi connectivity index (χ0n) is 23.5. The Morgan fingerprint density at radius 1 is 1.03 bits per heavy atom. The van der Waals surface area contributed by atoms with Gasteiger partial charge < -0.3 is 20.1 Å². The summed E-state index contributed by atoms with van der Waals surface area (Å²) in [6, 6.07) is 19.3. The second-order valence-electron chi connectivity index (χ2n) is 11.3. The Morgan fingerprint density at radius 2 is 1.73 bits per heavy atom. The molecule has 1 unspecified atom stereocenters. The van der Waals surface area contributed by atoms with Gasteiger partial charge in [-0.05, 0) is 70.8 Å². The molecule has 1 aromatic heterocycles. The molecule has 0 bridgehead atoms. The summed E-state index contributed by atoms with van der Waals surface area (Å²) >= 11 is 0. The van der Waals surface area contributed by atoms with Gasteiger partial charge in [0.2, 0.25) is 0 Å². The largest absolute Gasteiger partial charge is 0.371 e. The van der Waals surface area contributed by atoms with Gasteiger partial charge in [0.25, 0.3) is 0 Å². The number of nitrogens with one attached hydrogen (secondary N) is 2. The first-order valence-electron chi connectivity index (χ1n) is 14.5. The summed E-state index contributed by atoms with van der Waals surface area (Å²) in [5.41, 5.74) is 5.17. The number of aromatic nitrogens is 2. The van der Waals surface area contributed by atoms with E-state index in [4.69, 9.17) is 4.98 Å². The van der Waals surface area contributed by atoms with E-state index in [2.05, 4.69) is 108 Å². The van der Waals surface area contributed by atoms with E-state index in [-0.39, 0.29) is 5.54 Å². The molecule has 0 aliphatic carbocycles. The van der Waals surface area contributed by atoms with E-state index in [1.165, 1.54) is 22.6 Å². The maximum Gasteiger partial charge on any atom is 0.127 e. The molecule has 0 saturated carbocycles. The maximum atomic E-state index is 5.34. The van der Waals surface area contributed by atoms with Gasteiger partial charge in [0.15, 0.2) is 0 Å². The first-order chi connectivity index (χ1) is 18.0. The summed E-state index contributed by atoms with van der Waals surface area (Å²) in [4.78, 5) is 10.6. The van der Waals surface area contributed by atoms with Crippen molar-refractivity contribution in [1.29, 1.82) is 0 Å². The monoisotopic (exact) mass is 502 g/mol. The predicted octanol–water partition coefficient (Wildman–Crippen LogP) is 5.29. The van der Waals surface area contributed by atoms with Crippen molar-refractivity contribution in [3.05, 3.63) is 59.9 Å². The summed E-state index contributed by atoms with van der Waals surface area (Å²) in [7, 11) is 2.11. The highest BCUT2D eigenvalue weighted by Crippen LogP contribution is 2.36. The highest BCUT2D eigenvalue weighted by Gasteiger charge is 2.35.